The number of carbonyl (C=O) groups excluding carboxylic acids is 1. The number of amides is 1. The maximum atomic E-state index is 12.7. The van der Waals surface area contributed by atoms with Crippen LogP contribution in [-0.4, -0.2) is 24.5 Å². The molecule has 1 heterocycles. The molecule has 0 aliphatic heterocycles. The van der Waals surface area contributed by atoms with Gasteiger partial charge in [0.05, 0.1) is 16.1 Å². The number of nitrogens with two attached hydrogens (primary N) is 1. The van der Waals surface area contributed by atoms with Gasteiger partial charge < -0.3 is 10.2 Å². The van der Waals surface area contributed by atoms with E-state index in [9.17, 15) is 13.2 Å². The van der Waals surface area contributed by atoms with Crippen LogP contribution in [0.3, 0.4) is 0 Å². The highest BCUT2D eigenvalue weighted by Gasteiger charge is 2.20. The molecule has 3 rings (SSSR count). The Labute approximate surface area is 150 Å². The first-order valence-electron chi connectivity index (χ1n) is 7.61. The summed E-state index contributed by atoms with van der Waals surface area (Å²) in [6, 6.07) is 10.8. The molecule has 26 heavy (non-hydrogen) atoms. The monoisotopic (exact) mass is 372 g/mol. The van der Waals surface area contributed by atoms with E-state index >= 15 is 0 Å². The molecule has 1 aromatic heterocycles. The lowest BCUT2D eigenvalue weighted by atomic mass is 10.1. The number of hydrogen-bond acceptors (Lipinski definition) is 6. The first-order chi connectivity index (χ1) is 12.3. The van der Waals surface area contributed by atoms with Crippen molar-refractivity contribution < 1.29 is 17.6 Å². The van der Waals surface area contributed by atoms with Crippen LogP contribution in [0.4, 0.5) is 5.69 Å². The van der Waals surface area contributed by atoms with Gasteiger partial charge in [0.25, 0.3) is 10.0 Å². The number of hydrogen-bond donors (Lipinski definition) is 2. The molecule has 0 bridgehead atoms. The molecule has 0 atom stereocenters. The van der Waals surface area contributed by atoms with Crippen molar-refractivity contribution in [3.63, 3.8) is 0 Å². The van der Waals surface area contributed by atoms with Gasteiger partial charge in [-0.2, -0.15) is 0 Å². The number of primary amides is 1. The summed E-state index contributed by atoms with van der Waals surface area (Å²) in [6.45, 7) is 3.32. The lowest BCUT2D eigenvalue weighted by Crippen LogP contribution is -2.17. The van der Waals surface area contributed by atoms with Crippen LogP contribution in [0.15, 0.2) is 51.8 Å². The maximum absolute atomic E-state index is 12.7. The van der Waals surface area contributed by atoms with E-state index in [1.807, 2.05) is 0 Å². The van der Waals surface area contributed by atoms with Crippen LogP contribution in [0, 0.1) is 13.8 Å². The van der Waals surface area contributed by atoms with Crippen molar-refractivity contribution in [2.75, 3.05) is 4.72 Å². The van der Waals surface area contributed by atoms with E-state index in [2.05, 4.69) is 14.9 Å². The summed E-state index contributed by atoms with van der Waals surface area (Å²) in [5.74, 6) is -0.133. The average Bonchev–Trinajstić information content (AvgIpc) is 3.01. The third-order valence-electron chi connectivity index (χ3n) is 3.71. The van der Waals surface area contributed by atoms with Gasteiger partial charge in [0.15, 0.2) is 0 Å². The minimum absolute atomic E-state index is 0.0755. The third-order valence-corrected chi connectivity index (χ3v) is 5.08. The first kappa shape index (κ1) is 17.6. The van der Waals surface area contributed by atoms with Crippen molar-refractivity contribution in [3.05, 3.63) is 59.5 Å². The van der Waals surface area contributed by atoms with E-state index in [1.54, 1.807) is 38.1 Å². The van der Waals surface area contributed by atoms with Crippen molar-refractivity contribution in [3.8, 4) is 11.5 Å². The Hall–Kier alpha value is -3.20. The van der Waals surface area contributed by atoms with Crippen molar-refractivity contribution in [2.24, 2.45) is 5.73 Å². The third kappa shape index (κ3) is 3.42. The van der Waals surface area contributed by atoms with Gasteiger partial charge in [-0.25, -0.2) is 8.42 Å². The molecule has 0 unspecified atom stereocenters. The summed E-state index contributed by atoms with van der Waals surface area (Å²) in [5.41, 5.74) is 6.76. The van der Waals surface area contributed by atoms with Gasteiger partial charge in [-0.3, -0.25) is 9.52 Å². The normalized spacial score (nSPS) is 11.3. The Morgan fingerprint density at radius 2 is 1.85 bits per heavy atom. The Kier molecular flexibility index (Phi) is 4.47. The number of aryl methyl sites for hydroxylation is 2. The minimum atomic E-state index is -3.96. The summed E-state index contributed by atoms with van der Waals surface area (Å²) in [4.78, 5) is 11.4. The second-order valence-electron chi connectivity index (χ2n) is 5.62. The standard InChI is InChI=1S/C17H16N4O4S/c1-10-7-8-12(9-14(10)16(18)22)26(23,24)21-15-6-4-3-5-13(15)17-20-19-11(2)25-17/h3-9,21H,1-2H3,(H2,18,22). The zero-order valence-corrected chi connectivity index (χ0v) is 14.9. The molecule has 3 aromatic rings. The van der Waals surface area contributed by atoms with E-state index in [0.29, 0.717) is 17.0 Å². The number of sulfonamides is 1. The zero-order chi connectivity index (χ0) is 18.9. The van der Waals surface area contributed by atoms with Gasteiger partial charge in [0.1, 0.15) is 0 Å². The largest absolute Gasteiger partial charge is 0.421 e. The van der Waals surface area contributed by atoms with Crippen molar-refractivity contribution in [1.29, 1.82) is 0 Å². The lowest BCUT2D eigenvalue weighted by molar-refractivity contribution is 0.0999. The number of nitrogens with one attached hydrogen (secondary N) is 1. The Morgan fingerprint density at radius 3 is 2.50 bits per heavy atom. The predicted octanol–water partition coefficient (Wildman–Crippen LogP) is 2.25. The van der Waals surface area contributed by atoms with Gasteiger partial charge >= 0.3 is 0 Å². The van der Waals surface area contributed by atoms with Crippen LogP contribution in [0.5, 0.6) is 0 Å². The second kappa shape index (κ2) is 6.60. The smallest absolute Gasteiger partial charge is 0.261 e. The SMILES string of the molecule is Cc1nnc(-c2ccccc2NS(=O)(=O)c2ccc(C)c(C(N)=O)c2)o1. The van der Waals surface area contributed by atoms with Crippen LogP contribution < -0.4 is 10.5 Å². The molecule has 9 heteroatoms. The molecule has 1 amide bonds. The summed E-state index contributed by atoms with van der Waals surface area (Å²) >= 11 is 0. The molecule has 2 aromatic carbocycles. The summed E-state index contributed by atoms with van der Waals surface area (Å²) in [7, 11) is -3.96. The van der Waals surface area contributed by atoms with E-state index in [1.165, 1.54) is 18.2 Å². The van der Waals surface area contributed by atoms with E-state index in [4.69, 9.17) is 10.2 Å². The molecule has 0 saturated carbocycles. The van der Waals surface area contributed by atoms with Crippen molar-refractivity contribution in [2.45, 2.75) is 18.7 Å². The number of rotatable bonds is 5. The predicted molar refractivity (Wildman–Crippen MR) is 95.0 cm³/mol. The van der Waals surface area contributed by atoms with E-state index in [0.717, 1.165) is 0 Å². The second-order valence-corrected chi connectivity index (χ2v) is 7.30. The van der Waals surface area contributed by atoms with Gasteiger partial charge in [-0.15, -0.1) is 10.2 Å². The molecule has 0 radical (unpaired) electrons. The van der Waals surface area contributed by atoms with Crippen LogP contribution in [0.25, 0.3) is 11.5 Å². The fraction of sp³-hybridized carbons (Fsp3) is 0.118. The molecular formula is C17H16N4O4S. The molecule has 0 aliphatic carbocycles. The number of benzene rings is 2. The van der Waals surface area contributed by atoms with E-state index in [-0.39, 0.29) is 22.0 Å². The summed E-state index contributed by atoms with van der Waals surface area (Å²) in [6.07, 6.45) is 0. The lowest BCUT2D eigenvalue weighted by Gasteiger charge is -2.12. The number of anilines is 1. The van der Waals surface area contributed by atoms with Gasteiger partial charge in [0.2, 0.25) is 17.7 Å². The number of nitrogens with zero attached hydrogens (tertiary/aromatic N) is 2. The van der Waals surface area contributed by atoms with Gasteiger partial charge in [0, 0.05) is 12.5 Å². The molecule has 0 saturated heterocycles. The summed E-state index contributed by atoms with van der Waals surface area (Å²) in [5, 5.41) is 7.67. The minimum Gasteiger partial charge on any atom is -0.421 e. The average molecular weight is 372 g/mol. The van der Waals surface area contributed by atoms with Crippen LogP contribution in [0.2, 0.25) is 0 Å². The molecule has 3 N–H and O–H groups in total. The van der Waals surface area contributed by atoms with Crippen LogP contribution in [-0.2, 0) is 10.0 Å². The molecular weight excluding hydrogens is 356 g/mol. The van der Waals surface area contributed by atoms with Crippen molar-refractivity contribution >= 4 is 21.6 Å². The molecule has 0 fully saturated rings. The Morgan fingerprint density at radius 1 is 1.12 bits per heavy atom. The quantitative estimate of drug-likeness (QED) is 0.707. The first-order valence-corrected chi connectivity index (χ1v) is 9.09. The number of para-hydroxylation sites is 1. The fourth-order valence-electron chi connectivity index (χ4n) is 2.40. The topological polar surface area (TPSA) is 128 Å². The van der Waals surface area contributed by atoms with Crippen LogP contribution in [0.1, 0.15) is 21.8 Å². The summed E-state index contributed by atoms with van der Waals surface area (Å²) < 4.78 is 33.4. The molecule has 8 nitrogen and oxygen atoms in total. The Balaban J connectivity index is 2.02. The number of carbonyl (C=O) groups is 1. The number of aromatic nitrogens is 2. The van der Waals surface area contributed by atoms with Crippen LogP contribution >= 0.6 is 0 Å². The Bertz CT molecular complexity index is 1090. The highest BCUT2D eigenvalue weighted by Crippen LogP contribution is 2.29. The molecule has 0 spiro atoms. The highest BCUT2D eigenvalue weighted by molar-refractivity contribution is 7.92. The van der Waals surface area contributed by atoms with Crippen molar-refractivity contribution in [1.82, 2.24) is 10.2 Å². The van der Waals surface area contributed by atoms with E-state index < -0.39 is 15.9 Å². The zero-order valence-electron chi connectivity index (χ0n) is 14.1. The maximum Gasteiger partial charge on any atom is 0.261 e. The highest BCUT2D eigenvalue weighted by atomic mass is 32.2. The molecule has 0 aliphatic rings. The molecule has 134 valence electrons. The van der Waals surface area contributed by atoms with Gasteiger partial charge in [-0.05, 0) is 36.8 Å². The van der Waals surface area contributed by atoms with Gasteiger partial charge in [-0.1, -0.05) is 18.2 Å². The fourth-order valence-corrected chi connectivity index (χ4v) is 3.51.